The summed E-state index contributed by atoms with van der Waals surface area (Å²) in [5, 5.41) is 5.36. The van der Waals surface area contributed by atoms with E-state index in [1.165, 1.54) is 0 Å². The fourth-order valence-electron chi connectivity index (χ4n) is 3.49. The zero-order valence-electron chi connectivity index (χ0n) is 13.5. The number of ether oxygens (including phenoxy) is 1. The fraction of sp³-hybridized carbons (Fsp3) is 0.421. The molecule has 1 aliphatic carbocycles. The van der Waals surface area contributed by atoms with E-state index in [4.69, 9.17) is 10.5 Å². The molecule has 0 radical (unpaired) electrons. The first-order valence-corrected chi connectivity index (χ1v) is 8.25. The normalized spacial score (nSPS) is 20.6. The molecule has 2 atom stereocenters. The van der Waals surface area contributed by atoms with Crippen LogP contribution in [0.5, 0.6) is 5.75 Å². The maximum absolute atomic E-state index is 12.4. The Hall–Kier alpha value is -2.07. The smallest absolute Gasteiger partial charge is 0.223 e. The van der Waals surface area contributed by atoms with E-state index >= 15 is 0 Å². The van der Waals surface area contributed by atoms with Crippen molar-refractivity contribution in [3.63, 3.8) is 0 Å². The highest BCUT2D eigenvalue weighted by Gasteiger charge is 2.31. The van der Waals surface area contributed by atoms with Crippen molar-refractivity contribution in [2.45, 2.75) is 25.8 Å². The van der Waals surface area contributed by atoms with Gasteiger partial charge in [0.2, 0.25) is 5.91 Å². The summed E-state index contributed by atoms with van der Waals surface area (Å²) in [5.41, 5.74) is 6.87. The summed E-state index contributed by atoms with van der Waals surface area (Å²) in [6, 6.07) is 12.2. The molecule has 0 bridgehead atoms. The van der Waals surface area contributed by atoms with Crippen LogP contribution in [-0.2, 0) is 11.3 Å². The number of methoxy groups -OCH3 is 1. The van der Waals surface area contributed by atoms with Gasteiger partial charge in [0.05, 0.1) is 7.11 Å². The number of amides is 1. The zero-order valence-corrected chi connectivity index (χ0v) is 13.5. The SMILES string of the molecule is COc1ccc2cc(CNC(=O)[C@@H]3CCC[C@@H]3CN)ccc2c1. The lowest BCUT2D eigenvalue weighted by atomic mass is 9.95. The molecule has 3 N–H and O–H groups in total. The molecule has 122 valence electrons. The second kappa shape index (κ2) is 7.01. The highest BCUT2D eigenvalue weighted by atomic mass is 16.5. The van der Waals surface area contributed by atoms with Gasteiger partial charge in [-0.1, -0.05) is 24.6 Å². The van der Waals surface area contributed by atoms with Crippen LogP contribution in [0.4, 0.5) is 0 Å². The number of benzene rings is 2. The third-order valence-electron chi connectivity index (χ3n) is 4.88. The van der Waals surface area contributed by atoms with Crippen molar-refractivity contribution in [1.29, 1.82) is 0 Å². The van der Waals surface area contributed by atoms with Gasteiger partial charge in [-0.05, 0) is 59.8 Å². The van der Waals surface area contributed by atoms with Crippen LogP contribution in [-0.4, -0.2) is 19.6 Å². The van der Waals surface area contributed by atoms with Gasteiger partial charge in [0.1, 0.15) is 5.75 Å². The van der Waals surface area contributed by atoms with Gasteiger partial charge < -0.3 is 15.8 Å². The fourth-order valence-corrected chi connectivity index (χ4v) is 3.49. The predicted octanol–water partition coefficient (Wildman–Crippen LogP) is 2.84. The molecule has 0 aromatic heterocycles. The molecule has 23 heavy (non-hydrogen) atoms. The minimum atomic E-state index is 0.0877. The van der Waals surface area contributed by atoms with Crippen molar-refractivity contribution < 1.29 is 9.53 Å². The van der Waals surface area contributed by atoms with Crippen molar-refractivity contribution in [2.75, 3.05) is 13.7 Å². The molecule has 4 heteroatoms. The minimum absolute atomic E-state index is 0.0877. The first-order chi connectivity index (χ1) is 11.2. The van der Waals surface area contributed by atoms with E-state index in [9.17, 15) is 4.79 Å². The van der Waals surface area contributed by atoms with Crippen molar-refractivity contribution in [3.05, 3.63) is 42.0 Å². The van der Waals surface area contributed by atoms with Gasteiger partial charge in [-0.15, -0.1) is 0 Å². The number of hydrogen-bond donors (Lipinski definition) is 2. The maximum Gasteiger partial charge on any atom is 0.223 e. The Bertz CT molecular complexity index is 699. The van der Waals surface area contributed by atoms with E-state index in [2.05, 4.69) is 23.5 Å². The molecule has 0 unspecified atom stereocenters. The molecule has 0 saturated heterocycles. The Morgan fingerprint density at radius 2 is 2.00 bits per heavy atom. The molecule has 0 aliphatic heterocycles. The Morgan fingerprint density at radius 3 is 2.78 bits per heavy atom. The minimum Gasteiger partial charge on any atom is -0.497 e. The lowest BCUT2D eigenvalue weighted by Gasteiger charge is -2.17. The number of nitrogens with one attached hydrogen (secondary N) is 1. The van der Waals surface area contributed by atoms with Crippen molar-refractivity contribution in [2.24, 2.45) is 17.6 Å². The summed E-state index contributed by atoms with van der Waals surface area (Å²) in [5.74, 6) is 1.43. The van der Waals surface area contributed by atoms with Gasteiger partial charge in [-0.25, -0.2) is 0 Å². The van der Waals surface area contributed by atoms with Crippen molar-refractivity contribution in [1.82, 2.24) is 5.32 Å². The van der Waals surface area contributed by atoms with Gasteiger partial charge in [-0.3, -0.25) is 4.79 Å². The summed E-state index contributed by atoms with van der Waals surface area (Å²) in [6.07, 6.45) is 3.15. The van der Waals surface area contributed by atoms with Crippen LogP contribution >= 0.6 is 0 Å². The molecular weight excluding hydrogens is 288 g/mol. The number of carbonyl (C=O) groups excluding carboxylic acids is 1. The van der Waals surface area contributed by atoms with E-state index in [1.807, 2.05) is 18.2 Å². The highest BCUT2D eigenvalue weighted by molar-refractivity contribution is 5.85. The summed E-state index contributed by atoms with van der Waals surface area (Å²) in [4.78, 5) is 12.4. The summed E-state index contributed by atoms with van der Waals surface area (Å²) in [6.45, 7) is 1.17. The average molecular weight is 312 g/mol. The lowest BCUT2D eigenvalue weighted by Crippen LogP contribution is -2.34. The summed E-state index contributed by atoms with van der Waals surface area (Å²) >= 11 is 0. The molecule has 3 rings (SSSR count). The first kappa shape index (κ1) is 15.8. The van der Waals surface area contributed by atoms with Gasteiger partial charge in [-0.2, -0.15) is 0 Å². The van der Waals surface area contributed by atoms with Gasteiger partial charge in [0.25, 0.3) is 0 Å². The molecule has 1 amide bonds. The third kappa shape index (κ3) is 3.48. The first-order valence-electron chi connectivity index (χ1n) is 8.25. The van der Waals surface area contributed by atoms with Crippen LogP contribution in [0, 0.1) is 11.8 Å². The van der Waals surface area contributed by atoms with Crippen LogP contribution in [0.3, 0.4) is 0 Å². The molecule has 2 aromatic rings. The highest BCUT2D eigenvalue weighted by Crippen LogP contribution is 2.31. The van der Waals surface area contributed by atoms with Crippen molar-refractivity contribution in [3.8, 4) is 5.75 Å². The van der Waals surface area contributed by atoms with E-state index in [1.54, 1.807) is 7.11 Å². The number of rotatable bonds is 5. The molecule has 1 fully saturated rings. The van der Waals surface area contributed by atoms with E-state index in [0.29, 0.717) is 19.0 Å². The second-order valence-corrected chi connectivity index (χ2v) is 6.30. The number of carbonyl (C=O) groups is 1. The number of fused-ring (bicyclic) bond motifs is 1. The van der Waals surface area contributed by atoms with Crippen molar-refractivity contribution >= 4 is 16.7 Å². The molecule has 1 saturated carbocycles. The zero-order chi connectivity index (χ0) is 16.2. The summed E-state index contributed by atoms with van der Waals surface area (Å²) in [7, 11) is 1.67. The Kier molecular flexibility index (Phi) is 4.82. The molecule has 2 aromatic carbocycles. The third-order valence-corrected chi connectivity index (χ3v) is 4.88. The predicted molar refractivity (Wildman–Crippen MR) is 92.2 cm³/mol. The molecule has 4 nitrogen and oxygen atoms in total. The number of hydrogen-bond acceptors (Lipinski definition) is 3. The van der Waals surface area contributed by atoms with Crippen LogP contribution in [0.1, 0.15) is 24.8 Å². The Morgan fingerprint density at radius 1 is 1.22 bits per heavy atom. The standard InChI is InChI=1S/C19H24N2O2/c1-23-17-8-7-14-9-13(5-6-15(14)10-17)12-21-19(22)18-4-2-3-16(18)11-20/h5-10,16,18H,2-4,11-12,20H2,1H3,(H,21,22)/t16-,18-/m1/s1. The lowest BCUT2D eigenvalue weighted by molar-refractivity contribution is -0.126. The van der Waals surface area contributed by atoms with E-state index < -0.39 is 0 Å². The van der Waals surface area contributed by atoms with Crippen LogP contribution in [0.15, 0.2) is 36.4 Å². The Balaban J connectivity index is 1.66. The van der Waals surface area contributed by atoms with Crippen LogP contribution < -0.4 is 15.8 Å². The van der Waals surface area contributed by atoms with Gasteiger partial charge >= 0.3 is 0 Å². The topological polar surface area (TPSA) is 64.3 Å². The van der Waals surface area contributed by atoms with E-state index in [-0.39, 0.29) is 11.8 Å². The number of nitrogens with two attached hydrogens (primary N) is 1. The summed E-state index contributed by atoms with van der Waals surface area (Å²) < 4.78 is 5.24. The largest absolute Gasteiger partial charge is 0.497 e. The maximum atomic E-state index is 12.4. The Labute approximate surface area is 137 Å². The second-order valence-electron chi connectivity index (χ2n) is 6.30. The molecule has 0 heterocycles. The van der Waals surface area contributed by atoms with Gasteiger partial charge in [0, 0.05) is 12.5 Å². The molecule has 0 spiro atoms. The average Bonchev–Trinajstić information content (AvgIpc) is 3.07. The molecular formula is C19H24N2O2. The monoisotopic (exact) mass is 312 g/mol. The van der Waals surface area contributed by atoms with Crippen LogP contribution in [0.25, 0.3) is 10.8 Å². The van der Waals surface area contributed by atoms with E-state index in [0.717, 1.165) is 41.3 Å². The van der Waals surface area contributed by atoms with Crippen LogP contribution in [0.2, 0.25) is 0 Å². The quantitative estimate of drug-likeness (QED) is 0.892. The van der Waals surface area contributed by atoms with Gasteiger partial charge in [0.15, 0.2) is 0 Å². The molecule has 1 aliphatic rings.